The van der Waals surface area contributed by atoms with E-state index in [9.17, 15) is 9.90 Å². The third kappa shape index (κ3) is 3.70. The van der Waals surface area contributed by atoms with Crippen LogP contribution in [0.3, 0.4) is 0 Å². The molecule has 98 valence electrons. The monoisotopic (exact) mass is 266 g/mol. The SMILES string of the molecule is CCN(CC(C)C(N)=S)C(=O)c1ccc(O)cc1. The molecule has 1 atom stereocenters. The van der Waals surface area contributed by atoms with E-state index in [1.165, 1.54) is 12.1 Å². The number of carbonyl (C=O) groups excluding carboxylic acids is 1. The van der Waals surface area contributed by atoms with Gasteiger partial charge in [-0.25, -0.2) is 0 Å². The lowest BCUT2D eigenvalue weighted by molar-refractivity contribution is 0.0755. The molecule has 4 nitrogen and oxygen atoms in total. The van der Waals surface area contributed by atoms with Crippen molar-refractivity contribution < 1.29 is 9.90 Å². The molecule has 0 radical (unpaired) electrons. The van der Waals surface area contributed by atoms with E-state index in [2.05, 4.69) is 0 Å². The molecule has 3 N–H and O–H groups in total. The quantitative estimate of drug-likeness (QED) is 0.797. The molecule has 0 aromatic heterocycles. The normalized spacial score (nSPS) is 11.9. The van der Waals surface area contributed by atoms with Crippen molar-refractivity contribution in [3.8, 4) is 5.75 Å². The van der Waals surface area contributed by atoms with Gasteiger partial charge in [0.1, 0.15) is 5.75 Å². The lowest BCUT2D eigenvalue weighted by atomic mass is 10.1. The molecule has 1 aromatic rings. The summed E-state index contributed by atoms with van der Waals surface area (Å²) in [5, 5.41) is 9.19. The maximum atomic E-state index is 12.2. The number of phenols is 1. The zero-order valence-corrected chi connectivity index (χ0v) is 11.4. The number of aromatic hydroxyl groups is 1. The van der Waals surface area contributed by atoms with Gasteiger partial charge in [-0.15, -0.1) is 0 Å². The van der Waals surface area contributed by atoms with Crippen LogP contribution < -0.4 is 5.73 Å². The van der Waals surface area contributed by atoms with Crippen LogP contribution in [0.2, 0.25) is 0 Å². The molecule has 18 heavy (non-hydrogen) atoms. The van der Waals surface area contributed by atoms with Gasteiger partial charge in [0.2, 0.25) is 0 Å². The summed E-state index contributed by atoms with van der Waals surface area (Å²) >= 11 is 4.91. The van der Waals surface area contributed by atoms with Crippen molar-refractivity contribution >= 4 is 23.1 Å². The van der Waals surface area contributed by atoms with Crippen LogP contribution in [0.4, 0.5) is 0 Å². The van der Waals surface area contributed by atoms with Gasteiger partial charge in [-0.1, -0.05) is 19.1 Å². The molecule has 0 heterocycles. The van der Waals surface area contributed by atoms with E-state index in [4.69, 9.17) is 18.0 Å². The molecule has 0 bridgehead atoms. The van der Waals surface area contributed by atoms with E-state index in [-0.39, 0.29) is 17.6 Å². The standard InChI is InChI=1S/C13H18N2O2S/c1-3-15(8-9(2)12(14)18)13(17)10-4-6-11(16)7-5-10/h4-7,9,16H,3,8H2,1-2H3,(H2,14,18). The minimum Gasteiger partial charge on any atom is -0.508 e. The zero-order chi connectivity index (χ0) is 13.7. The second kappa shape index (κ2) is 6.35. The number of phenolic OH excluding ortho intramolecular Hbond substituents is 1. The Bertz CT molecular complexity index is 431. The predicted molar refractivity (Wildman–Crippen MR) is 75.6 cm³/mol. The molecule has 0 fully saturated rings. The first-order valence-electron chi connectivity index (χ1n) is 5.83. The highest BCUT2D eigenvalue weighted by Crippen LogP contribution is 2.13. The van der Waals surface area contributed by atoms with E-state index >= 15 is 0 Å². The molecule has 1 rings (SSSR count). The average molecular weight is 266 g/mol. The van der Waals surface area contributed by atoms with Gasteiger partial charge < -0.3 is 15.7 Å². The van der Waals surface area contributed by atoms with Crippen LogP contribution in [0.15, 0.2) is 24.3 Å². The number of nitrogens with two attached hydrogens (primary N) is 1. The second-order valence-corrected chi connectivity index (χ2v) is 4.67. The van der Waals surface area contributed by atoms with Crippen molar-refractivity contribution in [2.45, 2.75) is 13.8 Å². The summed E-state index contributed by atoms with van der Waals surface area (Å²) in [6.45, 7) is 4.90. The van der Waals surface area contributed by atoms with Crippen LogP contribution >= 0.6 is 12.2 Å². The number of benzene rings is 1. The number of thiocarbonyl (C=S) groups is 1. The van der Waals surface area contributed by atoms with Crippen LogP contribution in [0.5, 0.6) is 5.75 Å². The molecule has 1 amide bonds. The van der Waals surface area contributed by atoms with Gasteiger partial charge in [0, 0.05) is 24.6 Å². The van der Waals surface area contributed by atoms with Gasteiger partial charge in [-0.2, -0.15) is 0 Å². The molecular weight excluding hydrogens is 248 g/mol. The Morgan fingerprint density at radius 1 is 1.44 bits per heavy atom. The highest BCUT2D eigenvalue weighted by molar-refractivity contribution is 7.80. The van der Waals surface area contributed by atoms with Gasteiger partial charge >= 0.3 is 0 Å². The predicted octanol–water partition coefficient (Wildman–Crippen LogP) is 1.78. The summed E-state index contributed by atoms with van der Waals surface area (Å²) in [5.41, 5.74) is 6.10. The van der Waals surface area contributed by atoms with Gasteiger partial charge in [-0.3, -0.25) is 4.79 Å². The number of carbonyl (C=O) groups is 1. The summed E-state index contributed by atoms with van der Waals surface area (Å²) in [5.74, 6) is 0.0488. The van der Waals surface area contributed by atoms with Crippen molar-refractivity contribution in [1.82, 2.24) is 4.90 Å². The second-order valence-electron chi connectivity index (χ2n) is 4.19. The summed E-state index contributed by atoms with van der Waals surface area (Å²) in [6.07, 6.45) is 0. The van der Waals surface area contributed by atoms with Crippen molar-refractivity contribution in [1.29, 1.82) is 0 Å². The molecule has 0 aliphatic heterocycles. The molecular formula is C13H18N2O2S. The van der Waals surface area contributed by atoms with Gasteiger partial charge in [0.05, 0.1) is 4.99 Å². The first kappa shape index (κ1) is 14.4. The number of amides is 1. The van der Waals surface area contributed by atoms with Crippen LogP contribution in [0, 0.1) is 5.92 Å². The first-order chi connectivity index (χ1) is 8.45. The molecule has 1 unspecified atom stereocenters. The maximum absolute atomic E-state index is 12.2. The molecule has 0 saturated carbocycles. The number of hydrogen-bond donors (Lipinski definition) is 2. The molecule has 0 aliphatic carbocycles. The van der Waals surface area contributed by atoms with Crippen molar-refractivity contribution in [2.24, 2.45) is 11.7 Å². The fraction of sp³-hybridized carbons (Fsp3) is 0.385. The summed E-state index contributed by atoms with van der Waals surface area (Å²) in [7, 11) is 0. The van der Waals surface area contributed by atoms with E-state index in [1.54, 1.807) is 17.0 Å². The van der Waals surface area contributed by atoms with Crippen LogP contribution in [-0.2, 0) is 0 Å². The lowest BCUT2D eigenvalue weighted by Crippen LogP contribution is -2.38. The third-order valence-electron chi connectivity index (χ3n) is 2.76. The fourth-order valence-electron chi connectivity index (χ4n) is 1.56. The van der Waals surface area contributed by atoms with Crippen LogP contribution in [0.1, 0.15) is 24.2 Å². The average Bonchev–Trinajstić information content (AvgIpc) is 2.35. The Balaban J connectivity index is 2.79. The molecule has 1 aromatic carbocycles. The number of rotatable bonds is 5. The van der Waals surface area contributed by atoms with Crippen molar-refractivity contribution in [3.63, 3.8) is 0 Å². The maximum Gasteiger partial charge on any atom is 0.253 e. The number of nitrogens with zero attached hydrogens (tertiary/aromatic N) is 1. The zero-order valence-electron chi connectivity index (χ0n) is 10.6. The lowest BCUT2D eigenvalue weighted by Gasteiger charge is -2.24. The van der Waals surface area contributed by atoms with E-state index in [1.807, 2.05) is 13.8 Å². The van der Waals surface area contributed by atoms with Crippen LogP contribution in [-0.4, -0.2) is 34.0 Å². The molecule has 0 saturated heterocycles. The molecule has 0 spiro atoms. The van der Waals surface area contributed by atoms with E-state index in [0.29, 0.717) is 23.6 Å². The minimum absolute atomic E-state index is 0.0129. The van der Waals surface area contributed by atoms with E-state index in [0.717, 1.165) is 0 Å². The van der Waals surface area contributed by atoms with Gasteiger partial charge in [-0.05, 0) is 31.2 Å². The van der Waals surface area contributed by atoms with E-state index < -0.39 is 0 Å². The fourth-order valence-corrected chi connectivity index (χ4v) is 1.64. The Labute approximate surface area is 112 Å². The highest BCUT2D eigenvalue weighted by atomic mass is 32.1. The summed E-state index contributed by atoms with van der Waals surface area (Å²) in [4.78, 5) is 14.3. The molecule has 5 heteroatoms. The van der Waals surface area contributed by atoms with Gasteiger partial charge in [0.25, 0.3) is 5.91 Å². The van der Waals surface area contributed by atoms with Crippen molar-refractivity contribution in [2.75, 3.05) is 13.1 Å². The summed E-state index contributed by atoms with van der Waals surface area (Å²) < 4.78 is 0. The van der Waals surface area contributed by atoms with Crippen molar-refractivity contribution in [3.05, 3.63) is 29.8 Å². The molecule has 0 aliphatic rings. The topological polar surface area (TPSA) is 66.6 Å². The highest BCUT2D eigenvalue weighted by Gasteiger charge is 2.17. The van der Waals surface area contributed by atoms with Gasteiger partial charge in [0.15, 0.2) is 0 Å². The Kier molecular flexibility index (Phi) is 5.09. The Morgan fingerprint density at radius 2 is 2.00 bits per heavy atom. The first-order valence-corrected chi connectivity index (χ1v) is 6.24. The summed E-state index contributed by atoms with van der Waals surface area (Å²) in [6, 6.07) is 6.20. The Hall–Kier alpha value is -1.62. The smallest absolute Gasteiger partial charge is 0.253 e. The Morgan fingerprint density at radius 3 is 2.44 bits per heavy atom. The number of hydrogen-bond acceptors (Lipinski definition) is 3. The third-order valence-corrected chi connectivity index (χ3v) is 3.17. The minimum atomic E-state index is -0.0828. The largest absolute Gasteiger partial charge is 0.508 e. The van der Waals surface area contributed by atoms with Crippen LogP contribution in [0.25, 0.3) is 0 Å².